The number of amides is 4. The summed E-state index contributed by atoms with van der Waals surface area (Å²) >= 11 is 0. The van der Waals surface area contributed by atoms with Gasteiger partial charge in [0.25, 0.3) is 5.91 Å². The first kappa shape index (κ1) is 38.0. The fraction of sp³-hybridized carbons (Fsp3) is 0.394. The monoisotopic (exact) mass is 722 g/mol. The summed E-state index contributed by atoms with van der Waals surface area (Å²) in [5.41, 5.74) is 1.43. The molecule has 270 valence electrons. The van der Waals surface area contributed by atoms with Crippen molar-refractivity contribution in [2.75, 3.05) is 38.5 Å². The highest BCUT2D eigenvalue weighted by molar-refractivity contribution is 7.89. The van der Waals surface area contributed by atoms with E-state index < -0.39 is 51.2 Å². The number of benzene rings is 2. The normalized spacial score (nSPS) is 16.0. The Hall–Kier alpha value is -4.77. The van der Waals surface area contributed by atoms with Crippen molar-refractivity contribution in [1.29, 1.82) is 0 Å². The van der Waals surface area contributed by atoms with Gasteiger partial charge in [0.15, 0.2) is 0 Å². The molecule has 1 aliphatic heterocycles. The molecule has 0 radical (unpaired) electrons. The molecule has 1 aliphatic rings. The Balaban J connectivity index is 1.55. The van der Waals surface area contributed by atoms with Crippen LogP contribution in [-0.2, 0) is 21.4 Å². The number of urea groups is 1. The molecule has 0 saturated carbocycles. The molecule has 50 heavy (non-hydrogen) atoms. The van der Waals surface area contributed by atoms with Gasteiger partial charge in [-0.2, -0.15) is 4.31 Å². The van der Waals surface area contributed by atoms with E-state index in [1.54, 1.807) is 38.2 Å². The molecule has 2 heterocycles. The second kappa shape index (κ2) is 16.3. The lowest BCUT2D eigenvalue weighted by molar-refractivity contribution is -0.274. The number of aromatic nitrogens is 1. The Morgan fingerprint density at radius 2 is 1.72 bits per heavy atom. The number of carbonyl (C=O) groups excluding carboxylic acids is 3. The van der Waals surface area contributed by atoms with Crippen LogP contribution in [0.25, 0.3) is 0 Å². The summed E-state index contributed by atoms with van der Waals surface area (Å²) in [5, 5.41) is 5.34. The molecule has 3 aromatic rings. The maximum absolute atomic E-state index is 14.1. The number of rotatable bonds is 12. The minimum Gasteiger partial charge on any atom is -0.406 e. The quantitative estimate of drug-likeness (QED) is 0.248. The highest BCUT2D eigenvalue weighted by Crippen LogP contribution is 2.27. The van der Waals surface area contributed by atoms with E-state index in [0.29, 0.717) is 24.1 Å². The third-order valence-electron chi connectivity index (χ3n) is 7.89. The maximum Gasteiger partial charge on any atom is 0.573 e. The molecule has 0 spiro atoms. The van der Waals surface area contributed by atoms with Crippen LogP contribution in [0.1, 0.15) is 54.5 Å². The van der Waals surface area contributed by atoms with Crippen molar-refractivity contribution in [2.45, 2.75) is 56.7 Å². The van der Waals surface area contributed by atoms with Gasteiger partial charge in [-0.25, -0.2) is 17.6 Å². The van der Waals surface area contributed by atoms with E-state index in [1.165, 1.54) is 28.1 Å². The summed E-state index contributed by atoms with van der Waals surface area (Å²) in [5.74, 6) is -1.73. The molecular formula is C33H38F4N6O6S. The number of halogens is 4. The number of nitrogens with zero attached hydrogens (tertiary/aromatic N) is 4. The van der Waals surface area contributed by atoms with Crippen molar-refractivity contribution in [2.24, 2.45) is 0 Å². The van der Waals surface area contributed by atoms with Gasteiger partial charge in [0.1, 0.15) is 23.7 Å². The predicted octanol–water partition coefficient (Wildman–Crippen LogP) is 5.11. The Labute approximate surface area is 287 Å². The minimum atomic E-state index is -4.98. The summed E-state index contributed by atoms with van der Waals surface area (Å²) in [4.78, 5) is 46.1. The largest absolute Gasteiger partial charge is 0.573 e. The molecule has 2 N–H and O–H groups in total. The molecule has 1 aromatic heterocycles. The fourth-order valence-electron chi connectivity index (χ4n) is 5.25. The van der Waals surface area contributed by atoms with Crippen LogP contribution in [0.2, 0.25) is 0 Å². The lowest BCUT2D eigenvalue weighted by Gasteiger charge is -2.39. The molecule has 17 heteroatoms. The van der Waals surface area contributed by atoms with Gasteiger partial charge in [0, 0.05) is 51.7 Å². The van der Waals surface area contributed by atoms with Crippen LogP contribution in [0.15, 0.2) is 71.8 Å². The van der Waals surface area contributed by atoms with Gasteiger partial charge >= 0.3 is 12.4 Å². The molecule has 1 fully saturated rings. The molecule has 0 aliphatic carbocycles. The average molecular weight is 723 g/mol. The molecule has 2 atom stereocenters. The maximum atomic E-state index is 14.1. The number of alkyl halides is 4. The highest BCUT2D eigenvalue weighted by Gasteiger charge is 2.41. The van der Waals surface area contributed by atoms with Crippen molar-refractivity contribution in [3.63, 3.8) is 0 Å². The van der Waals surface area contributed by atoms with Crippen molar-refractivity contribution < 1.29 is 45.1 Å². The molecule has 12 nitrogen and oxygen atoms in total. The van der Waals surface area contributed by atoms with Crippen molar-refractivity contribution >= 4 is 33.6 Å². The number of anilines is 1. The zero-order chi connectivity index (χ0) is 36.6. The standard InChI is InChI=1S/C33H38F4N6O6S/c1-4-16-41(3)31(45)28-19-24(14-15-38-28)40-32(46)42-17-18-43(50(47,48)26-12-10-25(11-13-26)49-33(35,36)37)29(21-42)30(44)39-20-22-6-8-23(9-7-22)27(34)5-2/h6-15,19,27,29H,4-5,16-18,20-21H2,1-3H3,(H,39,44)(H,38,40,46)/t27?,29-/m1/s1. The topological polar surface area (TPSA) is 141 Å². The summed E-state index contributed by atoms with van der Waals surface area (Å²) in [6.45, 7) is 3.22. The van der Waals surface area contributed by atoms with Gasteiger partial charge in [-0.15, -0.1) is 13.2 Å². The first-order chi connectivity index (χ1) is 23.6. The zero-order valence-electron chi connectivity index (χ0n) is 27.6. The van der Waals surface area contributed by atoms with Crippen molar-refractivity contribution in [1.82, 2.24) is 24.4 Å². The molecular weight excluding hydrogens is 684 g/mol. The van der Waals surface area contributed by atoms with Crippen molar-refractivity contribution in [3.8, 4) is 5.75 Å². The number of pyridine rings is 1. The van der Waals surface area contributed by atoms with E-state index >= 15 is 0 Å². The summed E-state index contributed by atoms with van der Waals surface area (Å²) in [6.07, 6.45) is -3.74. The Morgan fingerprint density at radius 3 is 2.34 bits per heavy atom. The summed E-state index contributed by atoms with van der Waals surface area (Å²) < 4.78 is 84.3. The van der Waals surface area contributed by atoms with Gasteiger partial charge < -0.3 is 25.2 Å². The molecule has 1 saturated heterocycles. The van der Waals surface area contributed by atoms with Gasteiger partial charge in [0.2, 0.25) is 15.9 Å². The van der Waals surface area contributed by atoms with E-state index in [2.05, 4.69) is 20.4 Å². The SMILES string of the molecule is CCCN(C)C(=O)c1cc(NC(=O)N2CCN(S(=O)(=O)c3ccc(OC(F)(F)F)cc3)[C@@H](C(=O)NCc3ccc(C(F)CC)cc3)C2)ccn1. The lowest BCUT2D eigenvalue weighted by Crippen LogP contribution is -2.61. The van der Waals surface area contributed by atoms with E-state index in [4.69, 9.17) is 0 Å². The summed E-state index contributed by atoms with van der Waals surface area (Å²) in [6, 6.07) is 10.7. The van der Waals surface area contributed by atoms with E-state index in [-0.39, 0.29) is 43.5 Å². The van der Waals surface area contributed by atoms with Crippen LogP contribution in [0.5, 0.6) is 5.75 Å². The molecule has 0 bridgehead atoms. The predicted molar refractivity (Wildman–Crippen MR) is 175 cm³/mol. The number of ether oxygens (including phenoxy) is 1. The van der Waals surface area contributed by atoms with E-state index in [1.807, 2.05) is 6.92 Å². The number of hydrogen-bond donors (Lipinski definition) is 2. The molecule has 1 unspecified atom stereocenters. The van der Waals surface area contributed by atoms with Crippen LogP contribution >= 0.6 is 0 Å². The Kier molecular flexibility index (Phi) is 12.4. The lowest BCUT2D eigenvalue weighted by atomic mass is 10.1. The van der Waals surface area contributed by atoms with Gasteiger partial charge in [-0.05, 0) is 60.4 Å². The second-order valence-corrected chi connectivity index (χ2v) is 13.4. The highest BCUT2D eigenvalue weighted by atomic mass is 32.2. The first-order valence-electron chi connectivity index (χ1n) is 15.8. The zero-order valence-corrected chi connectivity index (χ0v) is 28.4. The fourth-order valence-corrected chi connectivity index (χ4v) is 6.82. The van der Waals surface area contributed by atoms with Gasteiger partial charge in [0.05, 0.1) is 4.90 Å². The molecule has 4 amide bonds. The smallest absolute Gasteiger partial charge is 0.406 e. The Bertz CT molecular complexity index is 1760. The minimum absolute atomic E-state index is 0.0391. The van der Waals surface area contributed by atoms with Gasteiger partial charge in [-0.3, -0.25) is 14.6 Å². The van der Waals surface area contributed by atoms with Crippen LogP contribution in [-0.4, -0.2) is 91.0 Å². The number of hydrogen-bond acceptors (Lipinski definition) is 7. The van der Waals surface area contributed by atoms with E-state index in [0.717, 1.165) is 35.0 Å². The van der Waals surface area contributed by atoms with E-state index in [9.17, 15) is 40.4 Å². The molecule has 2 aromatic carbocycles. The number of piperazine rings is 1. The first-order valence-corrected chi connectivity index (χ1v) is 17.2. The van der Waals surface area contributed by atoms with Gasteiger partial charge in [-0.1, -0.05) is 38.1 Å². The third kappa shape index (κ3) is 9.68. The third-order valence-corrected chi connectivity index (χ3v) is 9.81. The number of sulfonamides is 1. The second-order valence-electron chi connectivity index (χ2n) is 11.5. The van der Waals surface area contributed by atoms with Crippen LogP contribution in [0, 0.1) is 0 Å². The Morgan fingerprint density at radius 1 is 1.04 bits per heavy atom. The average Bonchev–Trinajstić information content (AvgIpc) is 3.09. The van der Waals surface area contributed by atoms with Crippen molar-refractivity contribution in [3.05, 3.63) is 83.7 Å². The number of nitrogens with one attached hydrogen (secondary N) is 2. The van der Waals surface area contributed by atoms with Crippen LogP contribution in [0.4, 0.5) is 28.0 Å². The summed E-state index contributed by atoms with van der Waals surface area (Å²) in [7, 11) is -2.84. The number of carbonyl (C=O) groups is 3. The van der Waals surface area contributed by atoms with Crippen LogP contribution < -0.4 is 15.4 Å². The molecule has 4 rings (SSSR count). The van der Waals surface area contributed by atoms with Crippen LogP contribution in [0.3, 0.4) is 0 Å².